The topological polar surface area (TPSA) is 29.5 Å². The molecule has 0 radical (unpaired) electrons. The van der Waals surface area contributed by atoms with E-state index in [1.165, 1.54) is 12.8 Å². The van der Waals surface area contributed by atoms with E-state index in [4.69, 9.17) is 9.84 Å². The Morgan fingerprint density at radius 1 is 1.55 bits per heavy atom. The van der Waals surface area contributed by atoms with Crippen molar-refractivity contribution in [3.63, 3.8) is 0 Å². The molecule has 0 spiro atoms. The first-order chi connectivity index (χ1) is 5.14. The molecule has 0 aromatic rings. The summed E-state index contributed by atoms with van der Waals surface area (Å²) in [6, 6.07) is 0. The van der Waals surface area contributed by atoms with Crippen LogP contribution in [0.3, 0.4) is 0 Å². The number of hydrogen-bond donors (Lipinski definition) is 1. The van der Waals surface area contributed by atoms with Crippen LogP contribution in [0, 0.1) is 5.41 Å². The van der Waals surface area contributed by atoms with E-state index in [1.54, 1.807) is 0 Å². The Morgan fingerprint density at radius 2 is 2.27 bits per heavy atom. The molecule has 11 heavy (non-hydrogen) atoms. The summed E-state index contributed by atoms with van der Waals surface area (Å²) in [5, 5.41) is 9.00. The third-order valence-corrected chi connectivity index (χ3v) is 2.23. The van der Waals surface area contributed by atoms with Crippen LogP contribution in [0.4, 0.5) is 0 Å². The molecule has 2 nitrogen and oxygen atoms in total. The van der Waals surface area contributed by atoms with Crippen LogP contribution in [0.25, 0.3) is 0 Å². The lowest BCUT2D eigenvalue weighted by Crippen LogP contribution is -2.23. The predicted octanol–water partition coefficient (Wildman–Crippen LogP) is 1.57. The van der Waals surface area contributed by atoms with Crippen molar-refractivity contribution >= 4 is 0 Å². The molecule has 1 saturated heterocycles. The average molecular weight is 158 g/mol. The number of aliphatic hydroxyl groups is 1. The van der Waals surface area contributed by atoms with Gasteiger partial charge in [-0.2, -0.15) is 0 Å². The maximum atomic E-state index is 9.00. The molecule has 1 rings (SSSR count). The molecule has 1 heterocycles. The molecule has 1 fully saturated rings. The second-order valence-electron chi connectivity index (χ2n) is 4.16. The predicted molar refractivity (Wildman–Crippen MR) is 44.5 cm³/mol. The highest BCUT2D eigenvalue weighted by molar-refractivity contribution is 4.75. The van der Waals surface area contributed by atoms with Gasteiger partial charge < -0.3 is 9.84 Å². The Hall–Kier alpha value is -0.0800. The molecule has 1 atom stereocenters. The fourth-order valence-corrected chi connectivity index (χ4v) is 1.49. The maximum absolute atomic E-state index is 9.00. The molecule has 0 aliphatic carbocycles. The zero-order valence-electron chi connectivity index (χ0n) is 7.47. The van der Waals surface area contributed by atoms with Crippen molar-refractivity contribution in [1.82, 2.24) is 0 Å². The highest BCUT2D eigenvalue weighted by Gasteiger charge is 2.25. The Labute approximate surface area is 68.6 Å². The van der Waals surface area contributed by atoms with Gasteiger partial charge in [0.2, 0.25) is 0 Å². The summed E-state index contributed by atoms with van der Waals surface area (Å²) in [6.45, 7) is 5.32. The summed E-state index contributed by atoms with van der Waals surface area (Å²) in [4.78, 5) is 0. The molecule has 1 unspecified atom stereocenters. The molecule has 2 heteroatoms. The first kappa shape index (κ1) is 9.01. The average Bonchev–Trinajstić information content (AvgIpc) is 2.39. The zero-order chi connectivity index (χ0) is 8.32. The van der Waals surface area contributed by atoms with E-state index in [9.17, 15) is 0 Å². The van der Waals surface area contributed by atoms with Crippen molar-refractivity contribution in [2.45, 2.75) is 39.2 Å². The summed E-state index contributed by atoms with van der Waals surface area (Å²) < 4.78 is 5.48. The number of hydrogen-bond acceptors (Lipinski definition) is 2. The van der Waals surface area contributed by atoms with Crippen molar-refractivity contribution in [3.8, 4) is 0 Å². The largest absolute Gasteiger partial charge is 0.396 e. The van der Waals surface area contributed by atoms with Crippen LogP contribution < -0.4 is 0 Å². The zero-order valence-corrected chi connectivity index (χ0v) is 7.47. The second kappa shape index (κ2) is 3.55. The molecule has 1 aliphatic rings. The third kappa shape index (κ3) is 2.80. The SMILES string of the molecule is CC(C)(CO)CC1CCCO1. The van der Waals surface area contributed by atoms with Crippen LogP contribution in [-0.4, -0.2) is 24.4 Å². The first-order valence-electron chi connectivity index (χ1n) is 4.36. The lowest BCUT2D eigenvalue weighted by Gasteiger charge is -2.24. The van der Waals surface area contributed by atoms with Crippen molar-refractivity contribution in [2.75, 3.05) is 13.2 Å². The van der Waals surface area contributed by atoms with Gasteiger partial charge in [-0.25, -0.2) is 0 Å². The Bertz CT molecular complexity index is 115. The molecule has 0 aromatic heterocycles. The van der Waals surface area contributed by atoms with Gasteiger partial charge in [-0.15, -0.1) is 0 Å². The van der Waals surface area contributed by atoms with E-state index >= 15 is 0 Å². The van der Waals surface area contributed by atoms with E-state index in [0.717, 1.165) is 13.0 Å². The van der Waals surface area contributed by atoms with Crippen molar-refractivity contribution < 1.29 is 9.84 Å². The van der Waals surface area contributed by atoms with Gasteiger partial charge in [0, 0.05) is 13.2 Å². The molecule has 1 aliphatic heterocycles. The van der Waals surface area contributed by atoms with Gasteiger partial charge in [0.05, 0.1) is 6.10 Å². The summed E-state index contributed by atoms with van der Waals surface area (Å²) >= 11 is 0. The molecule has 0 amide bonds. The molecule has 66 valence electrons. The van der Waals surface area contributed by atoms with Gasteiger partial charge in [-0.1, -0.05) is 13.8 Å². The highest BCUT2D eigenvalue weighted by atomic mass is 16.5. The first-order valence-corrected chi connectivity index (χ1v) is 4.36. The molecule has 0 aromatic carbocycles. The Balaban J connectivity index is 2.28. The molecule has 0 bridgehead atoms. The normalized spacial score (nSPS) is 25.9. The quantitative estimate of drug-likeness (QED) is 0.675. The van der Waals surface area contributed by atoms with Gasteiger partial charge in [0.25, 0.3) is 0 Å². The summed E-state index contributed by atoms with van der Waals surface area (Å²) in [6.07, 6.45) is 3.75. The minimum Gasteiger partial charge on any atom is -0.396 e. The fourth-order valence-electron chi connectivity index (χ4n) is 1.49. The van der Waals surface area contributed by atoms with Gasteiger partial charge in [0.15, 0.2) is 0 Å². The third-order valence-electron chi connectivity index (χ3n) is 2.23. The monoisotopic (exact) mass is 158 g/mol. The molecule has 1 N–H and O–H groups in total. The highest BCUT2D eigenvalue weighted by Crippen LogP contribution is 2.27. The minimum absolute atomic E-state index is 0.0367. The van der Waals surface area contributed by atoms with E-state index in [2.05, 4.69) is 13.8 Å². The fraction of sp³-hybridized carbons (Fsp3) is 1.00. The standard InChI is InChI=1S/C9H18O2/c1-9(2,7-10)6-8-4-3-5-11-8/h8,10H,3-7H2,1-2H3. The van der Waals surface area contributed by atoms with Crippen LogP contribution in [0.1, 0.15) is 33.1 Å². The summed E-state index contributed by atoms with van der Waals surface area (Å²) in [5.41, 5.74) is 0.0367. The smallest absolute Gasteiger partial charge is 0.0581 e. The van der Waals surface area contributed by atoms with Gasteiger partial charge in [-0.3, -0.25) is 0 Å². The van der Waals surface area contributed by atoms with Crippen LogP contribution in [-0.2, 0) is 4.74 Å². The van der Waals surface area contributed by atoms with Gasteiger partial charge in [-0.05, 0) is 24.7 Å². The summed E-state index contributed by atoms with van der Waals surface area (Å²) in [7, 11) is 0. The van der Waals surface area contributed by atoms with Gasteiger partial charge >= 0.3 is 0 Å². The summed E-state index contributed by atoms with van der Waals surface area (Å²) in [5.74, 6) is 0. The van der Waals surface area contributed by atoms with E-state index in [-0.39, 0.29) is 12.0 Å². The number of aliphatic hydroxyl groups excluding tert-OH is 1. The number of rotatable bonds is 3. The maximum Gasteiger partial charge on any atom is 0.0581 e. The van der Waals surface area contributed by atoms with Crippen LogP contribution in [0.2, 0.25) is 0 Å². The lowest BCUT2D eigenvalue weighted by molar-refractivity contribution is 0.0477. The van der Waals surface area contributed by atoms with E-state index in [1.807, 2.05) is 0 Å². The molecular formula is C9H18O2. The Kier molecular flexibility index (Phi) is 2.90. The van der Waals surface area contributed by atoms with E-state index < -0.39 is 0 Å². The van der Waals surface area contributed by atoms with Crippen LogP contribution in [0.5, 0.6) is 0 Å². The second-order valence-corrected chi connectivity index (χ2v) is 4.16. The van der Waals surface area contributed by atoms with E-state index in [0.29, 0.717) is 6.10 Å². The minimum atomic E-state index is 0.0367. The number of ether oxygens (including phenoxy) is 1. The van der Waals surface area contributed by atoms with Crippen molar-refractivity contribution in [3.05, 3.63) is 0 Å². The van der Waals surface area contributed by atoms with Crippen molar-refractivity contribution in [2.24, 2.45) is 5.41 Å². The van der Waals surface area contributed by atoms with Crippen molar-refractivity contribution in [1.29, 1.82) is 0 Å². The lowest BCUT2D eigenvalue weighted by atomic mass is 9.87. The van der Waals surface area contributed by atoms with Crippen LogP contribution in [0.15, 0.2) is 0 Å². The van der Waals surface area contributed by atoms with Crippen LogP contribution >= 0.6 is 0 Å². The Morgan fingerprint density at radius 3 is 2.73 bits per heavy atom. The molecular weight excluding hydrogens is 140 g/mol. The van der Waals surface area contributed by atoms with Gasteiger partial charge in [0.1, 0.15) is 0 Å². The molecule has 0 saturated carbocycles.